The number of hydrazone groups is 1. The maximum absolute atomic E-state index is 14.7. The molecule has 0 aliphatic carbocycles. The van der Waals surface area contributed by atoms with Crippen molar-refractivity contribution in [1.82, 2.24) is 26.7 Å². The summed E-state index contributed by atoms with van der Waals surface area (Å²) in [7, 11) is 0. The van der Waals surface area contributed by atoms with Crippen LogP contribution in [0.25, 0.3) is 0 Å². The zero-order valence-corrected chi connectivity index (χ0v) is 28.3. The van der Waals surface area contributed by atoms with Crippen molar-refractivity contribution in [2.24, 2.45) is 20.9 Å². The second-order valence-electron chi connectivity index (χ2n) is 14.3. The van der Waals surface area contributed by atoms with Gasteiger partial charge >= 0.3 is 0 Å². The first-order valence-corrected chi connectivity index (χ1v) is 16.1. The van der Waals surface area contributed by atoms with Gasteiger partial charge in [-0.3, -0.25) is 20.0 Å². The first kappa shape index (κ1) is 33.2. The molecule has 3 aliphatic heterocycles. The lowest BCUT2D eigenvalue weighted by Gasteiger charge is -2.48. The van der Waals surface area contributed by atoms with Crippen LogP contribution < -0.4 is 21.8 Å². The summed E-state index contributed by atoms with van der Waals surface area (Å²) >= 11 is 12.8. The van der Waals surface area contributed by atoms with Crippen LogP contribution in [0.3, 0.4) is 0 Å². The Hall–Kier alpha value is -3.18. The highest BCUT2D eigenvalue weighted by Crippen LogP contribution is 2.47. The van der Waals surface area contributed by atoms with Crippen molar-refractivity contribution >= 4 is 46.6 Å². The van der Waals surface area contributed by atoms with E-state index in [0.717, 1.165) is 12.0 Å². The average molecular weight is 657 g/mol. The molecular formula is C33H43Cl2N7O3. The summed E-state index contributed by atoms with van der Waals surface area (Å²) in [5.41, 5.74) is 9.52. The Morgan fingerprint density at radius 1 is 1.11 bits per heavy atom. The van der Waals surface area contributed by atoms with Crippen molar-refractivity contribution in [3.05, 3.63) is 69.2 Å². The lowest BCUT2D eigenvalue weighted by molar-refractivity contribution is -0.146. The molecular weight excluding hydrogens is 613 g/mol. The van der Waals surface area contributed by atoms with Gasteiger partial charge in [-0.2, -0.15) is 0 Å². The van der Waals surface area contributed by atoms with Gasteiger partial charge in [0, 0.05) is 34.0 Å². The second kappa shape index (κ2) is 12.9. The number of carbonyl (C=O) groups is 2. The number of rotatable bonds is 8. The van der Waals surface area contributed by atoms with Gasteiger partial charge in [0.1, 0.15) is 11.4 Å². The molecule has 2 amide bonds. The summed E-state index contributed by atoms with van der Waals surface area (Å²) in [5.74, 6) is 0.191. The van der Waals surface area contributed by atoms with Gasteiger partial charge in [0.05, 0.1) is 25.3 Å². The Morgan fingerprint density at radius 2 is 1.80 bits per heavy atom. The van der Waals surface area contributed by atoms with Crippen molar-refractivity contribution in [1.29, 1.82) is 0 Å². The Labute approximate surface area is 275 Å². The molecule has 45 heavy (non-hydrogen) atoms. The molecule has 3 aliphatic rings. The minimum atomic E-state index is -0.812. The summed E-state index contributed by atoms with van der Waals surface area (Å²) in [6.45, 7) is 13.8. The number of nitrogens with one attached hydrogen (secondary N) is 4. The van der Waals surface area contributed by atoms with E-state index in [0.29, 0.717) is 58.6 Å². The molecule has 10 nitrogen and oxygen atoms in total. The number of halogens is 2. The lowest BCUT2D eigenvalue weighted by Crippen LogP contribution is -2.55. The van der Waals surface area contributed by atoms with E-state index in [-0.39, 0.29) is 41.3 Å². The van der Waals surface area contributed by atoms with E-state index in [1.807, 2.05) is 29.2 Å². The molecule has 0 radical (unpaired) electrons. The van der Waals surface area contributed by atoms with Gasteiger partial charge < -0.3 is 15.0 Å². The molecule has 0 saturated carbocycles. The molecule has 3 atom stereocenters. The highest BCUT2D eigenvalue weighted by atomic mass is 35.5. The molecule has 2 aromatic carbocycles. The molecule has 1 fully saturated rings. The molecule has 12 heteroatoms. The number of hydrogen-bond acceptors (Lipinski definition) is 8. The minimum absolute atomic E-state index is 0.0303. The van der Waals surface area contributed by atoms with E-state index in [4.69, 9.17) is 32.9 Å². The highest BCUT2D eigenvalue weighted by Gasteiger charge is 2.54. The highest BCUT2D eigenvalue weighted by molar-refractivity contribution is 6.47. The summed E-state index contributed by atoms with van der Waals surface area (Å²) in [6, 6.07) is 12.4. The fraction of sp³-hybridized carbons (Fsp3) is 0.515. The maximum Gasteiger partial charge on any atom is 0.275 e. The Kier molecular flexibility index (Phi) is 9.52. The fourth-order valence-corrected chi connectivity index (χ4v) is 6.59. The van der Waals surface area contributed by atoms with Crippen LogP contribution >= 0.6 is 23.2 Å². The van der Waals surface area contributed by atoms with Crippen molar-refractivity contribution < 1.29 is 14.3 Å². The smallest absolute Gasteiger partial charge is 0.275 e. The molecule has 1 saturated heterocycles. The molecule has 3 unspecified atom stereocenters. The first-order valence-electron chi connectivity index (χ1n) is 15.4. The van der Waals surface area contributed by atoms with Crippen LogP contribution in [-0.4, -0.2) is 53.2 Å². The molecule has 0 bridgehead atoms. The number of carbonyl (C=O) groups excluding carboxylic acids is 2. The van der Waals surface area contributed by atoms with Gasteiger partial charge in [-0.1, -0.05) is 76.9 Å². The largest absolute Gasteiger partial charge is 0.377 e. The third kappa shape index (κ3) is 7.62. The first-order chi connectivity index (χ1) is 21.1. The summed E-state index contributed by atoms with van der Waals surface area (Å²) in [6.07, 6.45) is 2.61. The quantitative estimate of drug-likeness (QED) is 0.287. The van der Waals surface area contributed by atoms with Crippen LogP contribution in [0.5, 0.6) is 0 Å². The van der Waals surface area contributed by atoms with E-state index in [2.05, 4.69) is 68.5 Å². The molecule has 0 aromatic heterocycles. The number of nitrogens with zero attached hydrogens (tertiary/aromatic N) is 3. The van der Waals surface area contributed by atoms with Crippen LogP contribution in [0.4, 0.5) is 0 Å². The topological polar surface area (TPSA) is 119 Å². The Morgan fingerprint density at radius 3 is 2.40 bits per heavy atom. The second-order valence-corrected chi connectivity index (χ2v) is 15.2. The Bertz CT molecular complexity index is 1480. The van der Waals surface area contributed by atoms with Gasteiger partial charge in [0.15, 0.2) is 5.84 Å². The van der Waals surface area contributed by atoms with Gasteiger partial charge in [0.25, 0.3) is 11.8 Å². The van der Waals surface area contributed by atoms with Crippen molar-refractivity contribution in [2.45, 2.75) is 85.0 Å². The monoisotopic (exact) mass is 655 g/mol. The van der Waals surface area contributed by atoms with E-state index in [9.17, 15) is 9.59 Å². The standard InChI is InChI=1S/C33H43Cl2N7O3/c1-31(2,3)12-11-25(20-7-9-21(10-8-20)29(43)36-19-27-38-40-41-39-27)42-30(44)28(22-15-23(34)17-24(35)16-22)37-33(42)13-14-45-26(18-33)32(4,5)6/h7-10,15-17,25-26,40-41H,11-14,18-19H2,1-6H3,(H,36,43)(H,38,39). The number of hydrazine groups is 2. The van der Waals surface area contributed by atoms with Gasteiger partial charge in [-0.15, -0.1) is 10.6 Å². The van der Waals surface area contributed by atoms with Crippen LogP contribution in [0.2, 0.25) is 10.0 Å². The number of amides is 2. The average Bonchev–Trinajstić information content (AvgIpc) is 3.58. The normalized spacial score (nSPS) is 22.5. The van der Waals surface area contributed by atoms with E-state index in [1.165, 1.54) is 0 Å². The number of benzene rings is 2. The summed E-state index contributed by atoms with van der Waals surface area (Å²) in [5, 5.41) is 7.74. The predicted molar refractivity (Wildman–Crippen MR) is 178 cm³/mol. The van der Waals surface area contributed by atoms with Crippen molar-refractivity contribution in [2.75, 3.05) is 13.2 Å². The Balaban J connectivity index is 1.53. The number of amidine groups is 1. The third-order valence-electron chi connectivity index (χ3n) is 8.53. The summed E-state index contributed by atoms with van der Waals surface area (Å²) < 4.78 is 6.28. The lowest BCUT2D eigenvalue weighted by atomic mass is 9.79. The fourth-order valence-electron chi connectivity index (χ4n) is 6.07. The zero-order valence-electron chi connectivity index (χ0n) is 26.8. The van der Waals surface area contributed by atoms with Crippen LogP contribution in [0, 0.1) is 10.8 Å². The SMILES string of the molecule is CC(C)(C)CCC(c1ccc(C(=O)NCC2=NNNN2)cc1)N1C(=O)C(c2cc(Cl)cc(Cl)c2)=NC12CCOC(C(C)(C)C)C2. The van der Waals surface area contributed by atoms with E-state index < -0.39 is 5.66 Å². The predicted octanol–water partition coefficient (Wildman–Crippen LogP) is 5.77. The summed E-state index contributed by atoms with van der Waals surface area (Å²) in [4.78, 5) is 34.8. The van der Waals surface area contributed by atoms with Gasteiger partial charge in [0.2, 0.25) is 0 Å². The van der Waals surface area contributed by atoms with E-state index in [1.54, 1.807) is 18.2 Å². The van der Waals surface area contributed by atoms with E-state index >= 15 is 0 Å². The minimum Gasteiger partial charge on any atom is -0.377 e. The van der Waals surface area contributed by atoms with Crippen LogP contribution in [0.15, 0.2) is 52.6 Å². The number of ether oxygens (including phenoxy) is 1. The van der Waals surface area contributed by atoms with Crippen LogP contribution in [0.1, 0.15) is 94.8 Å². The molecule has 5 rings (SSSR count). The number of aliphatic imine (C=N–C) groups is 1. The molecule has 4 N–H and O–H groups in total. The third-order valence-corrected chi connectivity index (χ3v) is 8.97. The molecule has 1 spiro atoms. The molecule has 3 heterocycles. The number of hydrogen-bond donors (Lipinski definition) is 4. The molecule has 2 aromatic rings. The van der Waals surface area contributed by atoms with Crippen molar-refractivity contribution in [3.8, 4) is 0 Å². The van der Waals surface area contributed by atoms with Gasteiger partial charge in [-0.25, -0.2) is 5.53 Å². The van der Waals surface area contributed by atoms with Gasteiger partial charge in [-0.05, 0) is 59.6 Å². The van der Waals surface area contributed by atoms with Crippen molar-refractivity contribution in [3.63, 3.8) is 0 Å². The molecule has 242 valence electrons. The maximum atomic E-state index is 14.7. The zero-order chi connectivity index (χ0) is 32.6. The van der Waals surface area contributed by atoms with Crippen LogP contribution in [-0.2, 0) is 9.53 Å².